The van der Waals surface area contributed by atoms with Crippen molar-refractivity contribution in [2.75, 3.05) is 6.61 Å². The third kappa shape index (κ3) is 2.86. The quantitative estimate of drug-likeness (QED) is 0.698. The molecule has 0 heterocycles. The van der Waals surface area contributed by atoms with Crippen LogP contribution in [0.5, 0.6) is 0 Å². The normalized spacial score (nSPS) is 13.5. The minimum Gasteiger partial charge on any atom is -0.394 e. The lowest BCUT2D eigenvalue weighted by molar-refractivity contribution is 0.284. The molecule has 0 radical (unpaired) electrons. The average molecular weight is 163 g/mol. The highest BCUT2D eigenvalue weighted by molar-refractivity contribution is 5.49. The van der Waals surface area contributed by atoms with E-state index >= 15 is 0 Å². The molecule has 0 bridgehead atoms. The van der Waals surface area contributed by atoms with Crippen molar-refractivity contribution in [3.8, 4) is 0 Å². The molecule has 0 spiro atoms. The maximum absolute atomic E-state index is 8.64. The molecule has 0 aliphatic carbocycles. The van der Waals surface area contributed by atoms with Crippen LogP contribution in [0.25, 0.3) is 6.08 Å². The Kier molecular flexibility index (Phi) is 3.51. The van der Waals surface area contributed by atoms with E-state index in [1.54, 1.807) is 6.08 Å². The Labute approximate surface area is 72.3 Å². The minimum absolute atomic E-state index is 0.0106. The first-order valence-corrected chi connectivity index (χ1v) is 3.92. The lowest BCUT2D eigenvalue weighted by atomic mass is 10.2. The van der Waals surface area contributed by atoms with Crippen LogP contribution in [-0.4, -0.2) is 17.8 Å². The molecule has 1 aromatic rings. The zero-order valence-electron chi connectivity index (χ0n) is 6.85. The summed E-state index contributed by atoms with van der Waals surface area (Å²) < 4.78 is 0. The smallest absolute Gasteiger partial charge is 0.0618 e. The molecule has 1 aromatic carbocycles. The number of aliphatic hydroxyl groups is 1. The van der Waals surface area contributed by atoms with E-state index in [2.05, 4.69) is 0 Å². The number of hydrogen-bond donors (Lipinski definition) is 2. The summed E-state index contributed by atoms with van der Waals surface area (Å²) in [6.07, 6.45) is 3.69. The van der Waals surface area contributed by atoms with E-state index in [0.717, 1.165) is 5.56 Å². The van der Waals surface area contributed by atoms with Crippen molar-refractivity contribution < 1.29 is 5.11 Å². The number of aliphatic hydroxyl groups excluding tert-OH is 1. The molecule has 0 aliphatic heterocycles. The van der Waals surface area contributed by atoms with E-state index in [1.165, 1.54) is 0 Å². The second-order valence-electron chi connectivity index (χ2n) is 2.62. The van der Waals surface area contributed by atoms with E-state index in [0.29, 0.717) is 0 Å². The van der Waals surface area contributed by atoms with Crippen LogP contribution in [0.15, 0.2) is 36.4 Å². The molecule has 2 nitrogen and oxygen atoms in total. The highest BCUT2D eigenvalue weighted by atomic mass is 16.3. The SMILES string of the molecule is NC(C=Cc1ccccc1)CO. The number of rotatable bonds is 3. The van der Waals surface area contributed by atoms with Crippen LogP contribution in [0, 0.1) is 0 Å². The summed E-state index contributed by atoms with van der Waals surface area (Å²) in [5.74, 6) is 0. The van der Waals surface area contributed by atoms with Gasteiger partial charge in [0.15, 0.2) is 0 Å². The fraction of sp³-hybridized carbons (Fsp3) is 0.200. The van der Waals surface area contributed by atoms with Crippen LogP contribution >= 0.6 is 0 Å². The standard InChI is InChI=1S/C10H13NO/c11-10(8-12)7-6-9-4-2-1-3-5-9/h1-7,10,12H,8,11H2. The zero-order chi connectivity index (χ0) is 8.81. The van der Waals surface area contributed by atoms with Crippen LogP contribution in [-0.2, 0) is 0 Å². The first-order chi connectivity index (χ1) is 5.83. The molecule has 12 heavy (non-hydrogen) atoms. The van der Waals surface area contributed by atoms with Gasteiger partial charge in [0.2, 0.25) is 0 Å². The molecule has 1 unspecified atom stereocenters. The molecule has 1 rings (SSSR count). The lowest BCUT2D eigenvalue weighted by Crippen LogP contribution is -2.20. The number of nitrogens with two attached hydrogens (primary N) is 1. The predicted molar refractivity (Wildman–Crippen MR) is 50.5 cm³/mol. The summed E-state index contributed by atoms with van der Waals surface area (Å²) in [6.45, 7) is -0.0106. The monoisotopic (exact) mass is 163 g/mol. The van der Waals surface area contributed by atoms with Crippen molar-refractivity contribution in [2.45, 2.75) is 6.04 Å². The van der Waals surface area contributed by atoms with E-state index in [-0.39, 0.29) is 12.6 Å². The van der Waals surface area contributed by atoms with E-state index < -0.39 is 0 Å². The van der Waals surface area contributed by atoms with Crippen molar-refractivity contribution in [1.82, 2.24) is 0 Å². The Hall–Kier alpha value is -1.12. The number of benzene rings is 1. The molecule has 1 atom stereocenters. The highest BCUT2D eigenvalue weighted by Gasteiger charge is 1.91. The van der Waals surface area contributed by atoms with Crippen LogP contribution < -0.4 is 5.73 Å². The fourth-order valence-corrected chi connectivity index (χ4v) is 0.860. The first kappa shape index (κ1) is 8.97. The average Bonchev–Trinajstić information content (AvgIpc) is 2.16. The van der Waals surface area contributed by atoms with Gasteiger partial charge >= 0.3 is 0 Å². The molecule has 0 amide bonds. The lowest BCUT2D eigenvalue weighted by Gasteiger charge is -1.98. The third-order valence-electron chi connectivity index (χ3n) is 1.55. The molecule has 0 aliphatic rings. The minimum atomic E-state index is -0.259. The van der Waals surface area contributed by atoms with Crippen molar-refractivity contribution in [1.29, 1.82) is 0 Å². The third-order valence-corrected chi connectivity index (χ3v) is 1.55. The van der Waals surface area contributed by atoms with E-state index in [9.17, 15) is 0 Å². The Balaban J connectivity index is 2.58. The summed E-state index contributed by atoms with van der Waals surface area (Å²) in [5, 5.41) is 8.64. The van der Waals surface area contributed by atoms with Gasteiger partial charge in [-0.1, -0.05) is 42.5 Å². The van der Waals surface area contributed by atoms with Gasteiger partial charge < -0.3 is 10.8 Å². The largest absolute Gasteiger partial charge is 0.394 e. The summed E-state index contributed by atoms with van der Waals surface area (Å²) in [4.78, 5) is 0. The summed E-state index contributed by atoms with van der Waals surface area (Å²) in [6, 6.07) is 9.60. The molecule has 0 saturated heterocycles. The van der Waals surface area contributed by atoms with Gasteiger partial charge in [0.1, 0.15) is 0 Å². The maximum atomic E-state index is 8.64. The number of hydrogen-bond acceptors (Lipinski definition) is 2. The van der Waals surface area contributed by atoms with Gasteiger partial charge in [-0.3, -0.25) is 0 Å². The van der Waals surface area contributed by atoms with Crippen LogP contribution in [0.1, 0.15) is 5.56 Å². The Morgan fingerprint density at radius 1 is 1.33 bits per heavy atom. The predicted octanol–water partition coefficient (Wildman–Crippen LogP) is 1.02. The second-order valence-corrected chi connectivity index (χ2v) is 2.62. The topological polar surface area (TPSA) is 46.2 Å². The van der Waals surface area contributed by atoms with E-state index in [4.69, 9.17) is 10.8 Å². The van der Waals surface area contributed by atoms with E-state index in [1.807, 2.05) is 36.4 Å². The van der Waals surface area contributed by atoms with Crippen molar-refractivity contribution in [2.24, 2.45) is 5.73 Å². The Morgan fingerprint density at radius 3 is 2.58 bits per heavy atom. The summed E-state index contributed by atoms with van der Waals surface area (Å²) in [5.41, 5.74) is 6.58. The second kappa shape index (κ2) is 4.70. The summed E-state index contributed by atoms with van der Waals surface area (Å²) in [7, 11) is 0. The summed E-state index contributed by atoms with van der Waals surface area (Å²) >= 11 is 0. The van der Waals surface area contributed by atoms with Crippen molar-refractivity contribution in [3.05, 3.63) is 42.0 Å². The van der Waals surface area contributed by atoms with Gasteiger partial charge in [0.25, 0.3) is 0 Å². The molecule has 2 heteroatoms. The Morgan fingerprint density at radius 2 is 2.00 bits per heavy atom. The molecule has 0 fully saturated rings. The Bertz CT molecular complexity index is 243. The maximum Gasteiger partial charge on any atom is 0.0618 e. The molecular weight excluding hydrogens is 150 g/mol. The van der Waals surface area contributed by atoms with Crippen molar-refractivity contribution in [3.63, 3.8) is 0 Å². The van der Waals surface area contributed by atoms with Gasteiger partial charge in [-0.2, -0.15) is 0 Å². The fourth-order valence-electron chi connectivity index (χ4n) is 0.860. The van der Waals surface area contributed by atoms with Crippen LogP contribution in [0.4, 0.5) is 0 Å². The van der Waals surface area contributed by atoms with Gasteiger partial charge in [-0.05, 0) is 5.56 Å². The molecule has 0 aromatic heterocycles. The highest BCUT2D eigenvalue weighted by Crippen LogP contribution is 2.00. The molecular formula is C10H13NO. The molecule has 64 valence electrons. The van der Waals surface area contributed by atoms with Crippen molar-refractivity contribution >= 4 is 6.08 Å². The van der Waals surface area contributed by atoms with Gasteiger partial charge in [-0.15, -0.1) is 0 Å². The molecule has 0 saturated carbocycles. The first-order valence-electron chi connectivity index (χ1n) is 3.92. The van der Waals surface area contributed by atoms with Gasteiger partial charge in [0, 0.05) is 6.04 Å². The zero-order valence-corrected chi connectivity index (χ0v) is 6.85. The van der Waals surface area contributed by atoms with Gasteiger partial charge in [0.05, 0.1) is 6.61 Å². The molecule has 3 N–H and O–H groups in total. The van der Waals surface area contributed by atoms with Crippen LogP contribution in [0.3, 0.4) is 0 Å². The van der Waals surface area contributed by atoms with Crippen LogP contribution in [0.2, 0.25) is 0 Å². The van der Waals surface area contributed by atoms with Gasteiger partial charge in [-0.25, -0.2) is 0 Å².